The quantitative estimate of drug-likeness (QED) is 0.0856. The van der Waals surface area contributed by atoms with Gasteiger partial charge < -0.3 is 10.2 Å². The van der Waals surface area contributed by atoms with Gasteiger partial charge in [-0.05, 0) is 42.4 Å². The van der Waals surface area contributed by atoms with E-state index in [1.807, 2.05) is 95.9 Å². The summed E-state index contributed by atoms with van der Waals surface area (Å²) in [6, 6.07) is 29.8. The monoisotopic (exact) mass is 586 g/mol. The Hall–Kier alpha value is -4.05. The summed E-state index contributed by atoms with van der Waals surface area (Å²) in [7, 11) is 0. The molecule has 0 heterocycles. The second-order valence-corrected chi connectivity index (χ2v) is 10.6. The van der Waals surface area contributed by atoms with Crippen molar-refractivity contribution in [3.8, 4) is 0 Å². The molecule has 0 atom stereocenters. The van der Waals surface area contributed by atoms with Gasteiger partial charge in [0.1, 0.15) is 0 Å². The number of benzene rings is 3. The third-order valence-electron chi connectivity index (χ3n) is 7.18. The molecule has 43 heavy (non-hydrogen) atoms. The minimum Gasteiger partial charge on any atom is -0.342 e. The van der Waals surface area contributed by atoms with Gasteiger partial charge in [0.2, 0.25) is 17.7 Å². The summed E-state index contributed by atoms with van der Waals surface area (Å²) in [5.74, 6) is 5.91. The zero-order valence-electron chi connectivity index (χ0n) is 25.3. The van der Waals surface area contributed by atoms with Crippen LogP contribution in [0, 0.1) is 0 Å². The summed E-state index contributed by atoms with van der Waals surface area (Å²) in [6.07, 6.45) is 3.05. The van der Waals surface area contributed by atoms with Crippen molar-refractivity contribution in [3.63, 3.8) is 0 Å². The minimum atomic E-state index is -0.112. The molecule has 3 aromatic rings. The van der Waals surface area contributed by atoms with Crippen molar-refractivity contribution < 1.29 is 14.4 Å². The molecule has 9 nitrogen and oxygen atoms in total. The summed E-state index contributed by atoms with van der Waals surface area (Å²) < 4.78 is 0. The van der Waals surface area contributed by atoms with Gasteiger partial charge >= 0.3 is 0 Å². The van der Waals surface area contributed by atoms with Crippen LogP contribution in [0.15, 0.2) is 91.0 Å². The third kappa shape index (κ3) is 13.2. The van der Waals surface area contributed by atoms with Crippen LogP contribution in [0.5, 0.6) is 0 Å². The predicted octanol–water partition coefficient (Wildman–Crippen LogP) is 3.66. The van der Waals surface area contributed by atoms with E-state index in [0.717, 1.165) is 29.5 Å². The second-order valence-electron chi connectivity index (χ2n) is 10.6. The lowest BCUT2D eigenvalue weighted by Gasteiger charge is -2.26. The average Bonchev–Trinajstić information content (AvgIpc) is 3.03. The molecular weight excluding hydrogens is 540 g/mol. The third-order valence-corrected chi connectivity index (χ3v) is 7.18. The van der Waals surface area contributed by atoms with E-state index in [1.54, 1.807) is 11.9 Å². The number of hydrazine groups is 2. The maximum absolute atomic E-state index is 13.2. The fraction of sp³-hybridized carbons (Fsp3) is 0.382. The zero-order chi connectivity index (χ0) is 30.7. The lowest BCUT2D eigenvalue weighted by Crippen LogP contribution is -2.43. The highest BCUT2D eigenvalue weighted by atomic mass is 16.2. The van der Waals surface area contributed by atoms with E-state index < -0.39 is 0 Å². The summed E-state index contributed by atoms with van der Waals surface area (Å²) in [5, 5.41) is 6.14. The summed E-state index contributed by atoms with van der Waals surface area (Å²) in [5.41, 5.74) is 6.52. The van der Waals surface area contributed by atoms with Gasteiger partial charge in [0.05, 0.1) is 6.54 Å². The lowest BCUT2D eigenvalue weighted by atomic mass is 10.1. The number of nitrogens with zero attached hydrogens (tertiary/aromatic N) is 3. The molecule has 0 radical (unpaired) electrons. The molecule has 3 aromatic carbocycles. The topological polar surface area (TPSA) is 111 Å². The molecule has 0 saturated heterocycles. The van der Waals surface area contributed by atoms with Crippen LogP contribution in [-0.2, 0) is 33.9 Å². The molecule has 0 aliphatic heterocycles. The van der Waals surface area contributed by atoms with Crippen LogP contribution in [0.3, 0.4) is 0 Å². The first-order valence-corrected chi connectivity index (χ1v) is 15.1. The fourth-order valence-electron chi connectivity index (χ4n) is 4.68. The van der Waals surface area contributed by atoms with E-state index in [-0.39, 0.29) is 24.3 Å². The number of rotatable bonds is 19. The van der Waals surface area contributed by atoms with Crippen molar-refractivity contribution in [1.29, 1.82) is 0 Å². The SMILES string of the molecule is CC(=O)N(CCCCN(CCCN(N)C(=O)CCc1ccccc1)C(=O)CNCc1ccccc1)NCc1ccccc1. The first-order chi connectivity index (χ1) is 20.9. The molecule has 0 bridgehead atoms. The minimum absolute atomic E-state index is 0.000494. The Morgan fingerprint density at radius 1 is 0.651 bits per heavy atom. The average molecular weight is 587 g/mol. The molecule has 0 aliphatic rings. The van der Waals surface area contributed by atoms with E-state index in [1.165, 1.54) is 5.01 Å². The number of hydrogen-bond acceptors (Lipinski definition) is 6. The van der Waals surface area contributed by atoms with Crippen molar-refractivity contribution in [1.82, 2.24) is 25.7 Å². The highest BCUT2D eigenvalue weighted by molar-refractivity contribution is 5.78. The number of carbonyl (C=O) groups is 3. The fourth-order valence-corrected chi connectivity index (χ4v) is 4.68. The maximum atomic E-state index is 13.2. The van der Waals surface area contributed by atoms with Crippen LogP contribution >= 0.6 is 0 Å². The molecule has 4 N–H and O–H groups in total. The number of unbranched alkanes of at least 4 members (excludes halogenated alkanes) is 1. The van der Waals surface area contributed by atoms with E-state index in [2.05, 4.69) is 10.7 Å². The van der Waals surface area contributed by atoms with Gasteiger partial charge in [0.15, 0.2) is 0 Å². The molecule has 3 amide bonds. The molecule has 0 saturated carbocycles. The van der Waals surface area contributed by atoms with E-state index in [4.69, 9.17) is 5.84 Å². The molecule has 9 heteroatoms. The number of nitrogens with two attached hydrogens (primary N) is 1. The number of amides is 3. The molecule has 0 aromatic heterocycles. The summed E-state index contributed by atoms with van der Waals surface area (Å²) in [4.78, 5) is 39.7. The van der Waals surface area contributed by atoms with Crippen molar-refractivity contribution in [2.75, 3.05) is 32.7 Å². The van der Waals surface area contributed by atoms with E-state index in [9.17, 15) is 14.4 Å². The standard InChI is InChI=1S/C34H46N6O3/c1-29(41)40(37-27-32-18-9-4-10-19-32)25-12-11-22-38(34(43)28-36-26-31-16-7-3-8-17-31)23-13-24-39(35)33(42)21-20-30-14-5-2-6-15-30/h2-10,14-19,36-37H,11-13,20-28,35H2,1H3. The van der Waals surface area contributed by atoms with Crippen molar-refractivity contribution in [2.24, 2.45) is 5.84 Å². The Kier molecular flexibility index (Phi) is 14.9. The Balaban J connectivity index is 1.45. The van der Waals surface area contributed by atoms with Crippen molar-refractivity contribution in [2.45, 2.75) is 52.1 Å². The van der Waals surface area contributed by atoms with Gasteiger partial charge in [-0.1, -0.05) is 91.0 Å². The van der Waals surface area contributed by atoms with Gasteiger partial charge in [-0.15, -0.1) is 0 Å². The van der Waals surface area contributed by atoms with Crippen LogP contribution in [0.2, 0.25) is 0 Å². The number of nitrogens with one attached hydrogen (secondary N) is 2. The maximum Gasteiger partial charge on any atom is 0.236 e. The van der Waals surface area contributed by atoms with Crippen LogP contribution in [-0.4, -0.2) is 65.4 Å². The molecule has 230 valence electrons. The van der Waals surface area contributed by atoms with Crippen molar-refractivity contribution in [3.05, 3.63) is 108 Å². The Morgan fingerprint density at radius 3 is 1.79 bits per heavy atom. The smallest absolute Gasteiger partial charge is 0.236 e. The summed E-state index contributed by atoms with van der Waals surface area (Å²) in [6.45, 7) is 4.91. The molecule has 0 spiro atoms. The van der Waals surface area contributed by atoms with Gasteiger partial charge in [-0.3, -0.25) is 24.4 Å². The van der Waals surface area contributed by atoms with Crippen LogP contribution in [0.4, 0.5) is 0 Å². The highest BCUT2D eigenvalue weighted by Crippen LogP contribution is 2.06. The van der Waals surface area contributed by atoms with Crippen LogP contribution in [0.1, 0.15) is 49.3 Å². The highest BCUT2D eigenvalue weighted by Gasteiger charge is 2.16. The predicted molar refractivity (Wildman–Crippen MR) is 170 cm³/mol. The zero-order valence-corrected chi connectivity index (χ0v) is 25.3. The first kappa shape index (κ1) is 33.5. The molecule has 0 unspecified atom stereocenters. The number of aryl methyl sites for hydroxylation is 1. The van der Waals surface area contributed by atoms with Gasteiger partial charge in [-0.25, -0.2) is 11.3 Å². The van der Waals surface area contributed by atoms with Gasteiger partial charge in [0.25, 0.3) is 0 Å². The van der Waals surface area contributed by atoms with E-state index >= 15 is 0 Å². The normalized spacial score (nSPS) is 10.7. The lowest BCUT2D eigenvalue weighted by molar-refractivity contribution is -0.133. The summed E-state index contributed by atoms with van der Waals surface area (Å²) >= 11 is 0. The van der Waals surface area contributed by atoms with Gasteiger partial charge in [-0.2, -0.15) is 0 Å². The first-order valence-electron chi connectivity index (χ1n) is 15.1. The molecular formula is C34H46N6O3. The molecule has 0 fully saturated rings. The van der Waals surface area contributed by atoms with Crippen LogP contribution < -0.4 is 16.6 Å². The second kappa shape index (κ2) is 19.2. The number of hydrogen-bond donors (Lipinski definition) is 3. The largest absolute Gasteiger partial charge is 0.342 e. The van der Waals surface area contributed by atoms with Crippen molar-refractivity contribution >= 4 is 17.7 Å². The Morgan fingerprint density at radius 2 is 1.19 bits per heavy atom. The van der Waals surface area contributed by atoms with E-state index in [0.29, 0.717) is 58.5 Å². The Bertz CT molecular complexity index is 1230. The molecule has 0 aliphatic carbocycles. The van der Waals surface area contributed by atoms with Crippen LogP contribution in [0.25, 0.3) is 0 Å². The number of carbonyl (C=O) groups excluding carboxylic acids is 3. The van der Waals surface area contributed by atoms with Gasteiger partial charge in [0, 0.05) is 52.6 Å². The molecule has 3 rings (SSSR count). The Labute approximate surface area is 256 Å².